The normalized spacial score (nSPS) is 18.2. The molecule has 5 nitrogen and oxygen atoms in total. The van der Waals surface area contributed by atoms with E-state index in [0.717, 1.165) is 22.6 Å². The summed E-state index contributed by atoms with van der Waals surface area (Å²) in [6, 6.07) is 30.0. The van der Waals surface area contributed by atoms with Crippen molar-refractivity contribution in [2.24, 2.45) is 5.41 Å². The minimum absolute atomic E-state index is 0.0933. The van der Waals surface area contributed by atoms with Gasteiger partial charge in [0.1, 0.15) is 11.5 Å². The Morgan fingerprint density at radius 3 is 1.98 bits per heavy atom. The van der Waals surface area contributed by atoms with Crippen LogP contribution in [0.15, 0.2) is 84.9 Å². The second-order valence-corrected chi connectivity index (χ2v) is 12.3. The van der Waals surface area contributed by atoms with Gasteiger partial charge in [-0.2, -0.15) is 0 Å². The van der Waals surface area contributed by atoms with Crippen molar-refractivity contribution in [2.75, 3.05) is 32.9 Å². The maximum absolute atomic E-state index is 13.3. The van der Waals surface area contributed by atoms with E-state index in [1.165, 1.54) is 27.8 Å². The Bertz CT molecular complexity index is 1570. The average molecular weight is 548 g/mol. The Kier molecular flexibility index (Phi) is 6.66. The van der Waals surface area contributed by atoms with Crippen molar-refractivity contribution in [3.8, 4) is 11.5 Å². The fourth-order valence-corrected chi connectivity index (χ4v) is 6.56. The Balaban J connectivity index is 1.67. The minimum Gasteiger partial charge on any atom is -0.467 e. The number of ether oxygens (including phenoxy) is 3. The molecule has 0 saturated carbocycles. The van der Waals surface area contributed by atoms with Crippen molar-refractivity contribution in [2.45, 2.75) is 38.5 Å². The average Bonchev–Trinajstić information content (AvgIpc) is 2.96. The van der Waals surface area contributed by atoms with Crippen LogP contribution >= 0.6 is 0 Å². The standard InChI is InChI=1S/C36H37NO4/c1-35(2,3)34(38)41-29-19-20-30(40-22-39-6)33-32(29)31-25-11-7-9-13-27(25)36(33,28-14-10-8-12-26(28)31)21-23-15-17-24(18-16-23)37(4)5/h7-20,31H,21-22H2,1-6H3. The number of rotatable bonds is 7. The van der Waals surface area contributed by atoms with Crippen LogP contribution in [0.1, 0.15) is 65.6 Å². The zero-order valence-electron chi connectivity index (χ0n) is 24.7. The molecule has 0 atom stereocenters. The first kappa shape index (κ1) is 27.1. The van der Waals surface area contributed by atoms with Crippen LogP contribution in [0.5, 0.6) is 11.5 Å². The van der Waals surface area contributed by atoms with Crippen LogP contribution in [-0.4, -0.2) is 34.0 Å². The first-order chi connectivity index (χ1) is 19.7. The number of hydrogen-bond acceptors (Lipinski definition) is 5. The largest absolute Gasteiger partial charge is 0.467 e. The summed E-state index contributed by atoms with van der Waals surface area (Å²) in [5.74, 6) is 0.980. The van der Waals surface area contributed by atoms with Gasteiger partial charge >= 0.3 is 5.97 Å². The number of esters is 1. The van der Waals surface area contributed by atoms with E-state index in [2.05, 4.69) is 91.8 Å². The highest BCUT2D eigenvalue weighted by Crippen LogP contribution is 2.64. The number of carbonyl (C=O) groups is 1. The summed E-state index contributed by atoms with van der Waals surface area (Å²) in [5.41, 5.74) is 8.19. The Morgan fingerprint density at radius 1 is 0.829 bits per heavy atom. The van der Waals surface area contributed by atoms with E-state index in [0.29, 0.717) is 12.2 Å². The van der Waals surface area contributed by atoms with E-state index in [1.54, 1.807) is 7.11 Å². The molecule has 210 valence electrons. The van der Waals surface area contributed by atoms with Gasteiger partial charge in [-0.1, -0.05) is 60.7 Å². The zero-order valence-corrected chi connectivity index (χ0v) is 24.7. The van der Waals surface area contributed by atoms with Gasteiger partial charge in [0, 0.05) is 43.9 Å². The lowest BCUT2D eigenvalue weighted by Crippen LogP contribution is -2.44. The number of nitrogens with zero attached hydrogens (tertiary/aromatic N) is 1. The monoisotopic (exact) mass is 547 g/mol. The molecule has 3 aliphatic rings. The lowest BCUT2D eigenvalue weighted by atomic mass is 9.51. The van der Waals surface area contributed by atoms with Gasteiger partial charge in [0.2, 0.25) is 0 Å². The summed E-state index contributed by atoms with van der Waals surface area (Å²) < 4.78 is 17.9. The van der Waals surface area contributed by atoms with E-state index in [9.17, 15) is 4.79 Å². The first-order valence-electron chi connectivity index (χ1n) is 14.1. The van der Waals surface area contributed by atoms with E-state index >= 15 is 0 Å². The summed E-state index contributed by atoms with van der Waals surface area (Å²) in [5, 5.41) is 0. The highest BCUT2D eigenvalue weighted by molar-refractivity contribution is 5.82. The van der Waals surface area contributed by atoms with E-state index in [-0.39, 0.29) is 18.7 Å². The number of anilines is 1. The van der Waals surface area contributed by atoms with Crippen LogP contribution in [0, 0.1) is 5.41 Å². The van der Waals surface area contributed by atoms with Crippen molar-refractivity contribution in [3.63, 3.8) is 0 Å². The highest BCUT2D eigenvalue weighted by atomic mass is 16.7. The third kappa shape index (κ3) is 4.31. The van der Waals surface area contributed by atoms with Crippen LogP contribution in [0.25, 0.3) is 0 Å². The molecule has 0 aromatic heterocycles. The smallest absolute Gasteiger partial charge is 0.316 e. The molecular weight excluding hydrogens is 510 g/mol. The molecular formula is C36H37NO4. The summed E-state index contributed by atoms with van der Waals surface area (Å²) in [7, 11) is 5.74. The topological polar surface area (TPSA) is 48.0 Å². The van der Waals surface area contributed by atoms with Crippen LogP contribution < -0.4 is 14.4 Å². The SMILES string of the molecule is COCOc1ccc(OC(=O)C(C)(C)C)c2c1C1(Cc3ccc(N(C)C)cc3)c3ccccc3C2c2ccccc21. The van der Waals surface area contributed by atoms with E-state index in [4.69, 9.17) is 14.2 Å². The molecule has 41 heavy (non-hydrogen) atoms. The Morgan fingerprint density at radius 2 is 1.41 bits per heavy atom. The third-order valence-electron chi connectivity index (χ3n) is 8.42. The maximum Gasteiger partial charge on any atom is 0.316 e. The van der Waals surface area contributed by atoms with Gasteiger partial charge in [0.15, 0.2) is 6.79 Å². The van der Waals surface area contributed by atoms with Crippen molar-refractivity contribution < 1.29 is 19.0 Å². The predicted molar refractivity (Wildman–Crippen MR) is 162 cm³/mol. The molecule has 7 rings (SSSR count). The summed E-state index contributed by atoms with van der Waals surface area (Å²) in [6.07, 6.45) is 0.717. The lowest BCUT2D eigenvalue weighted by Gasteiger charge is -2.51. The van der Waals surface area contributed by atoms with Gasteiger partial charge in [-0.05, 0) is 79.3 Å². The quantitative estimate of drug-likeness (QED) is 0.141. The molecule has 0 amide bonds. The number of methoxy groups -OCH3 is 1. The Hall–Kier alpha value is -4.09. The van der Waals surface area contributed by atoms with E-state index < -0.39 is 10.8 Å². The second-order valence-electron chi connectivity index (χ2n) is 12.3. The van der Waals surface area contributed by atoms with Gasteiger partial charge in [0.25, 0.3) is 0 Å². The summed E-state index contributed by atoms with van der Waals surface area (Å²) in [6.45, 7) is 5.77. The lowest BCUT2D eigenvalue weighted by molar-refractivity contribution is -0.143. The van der Waals surface area contributed by atoms with Gasteiger partial charge < -0.3 is 19.1 Å². The zero-order chi connectivity index (χ0) is 28.9. The van der Waals surface area contributed by atoms with Crippen molar-refractivity contribution >= 4 is 11.7 Å². The van der Waals surface area contributed by atoms with Gasteiger partial charge in [-0.3, -0.25) is 4.79 Å². The highest BCUT2D eigenvalue weighted by Gasteiger charge is 2.54. The van der Waals surface area contributed by atoms with E-state index in [1.807, 2.05) is 32.9 Å². The molecule has 0 aliphatic heterocycles. The van der Waals surface area contributed by atoms with Crippen LogP contribution in [0.4, 0.5) is 5.69 Å². The number of benzene rings is 4. The molecule has 0 unspecified atom stereocenters. The molecule has 4 aromatic rings. The van der Waals surface area contributed by atoms with Crippen LogP contribution in [-0.2, 0) is 21.4 Å². The molecule has 4 aromatic carbocycles. The van der Waals surface area contributed by atoms with Gasteiger partial charge in [-0.25, -0.2) is 0 Å². The molecule has 0 fully saturated rings. The summed E-state index contributed by atoms with van der Waals surface area (Å²) >= 11 is 0. The second kappa shape index (κ2) is 10.1. The fraction of sp³-hybridized carbons (Fsp3) is 0.306. The number of carbonyl (C=O) groups excluding carboxylic acids is 1. The van der Waals surface area contributed by atoms with Crippen molar-refractivity contribution in [3.05, 3.63) is 124 Å². The van der Waals surface area contributed by atoms with Gasteiger partial charge in [0.05, 0.1) is 10.8 Å². The predicted octanol–water partition coefficient (Wildman–Crippen LogP) is 7.07. The summed E-state index contributed by atoms with van der Waals surface area (Å²) in [4.78, 5) is 15.4. The molecule has 0 spiro atoms. The molecule has 0 radical (unpaired) electrons. The Labute approximate surface area is 242 Å². The molecule has 5 heteroatoms. The van der Waals surface area contributed by atoms with Crippen molar-refractivity contribution in [1.82, 2.24) is 0 Å². The third-order valence-corrected chi connectivity index (χ3v) is 8.42. The molecule has 3 aliphatic carbocycles. The molecule has 0 N–H and O–H groups in total. The first-order valence-corrected chi connectivity index (χ1v) is 14.1. The van der Waals surface area contributed by atoms with Crippen LogP contribution in [0.2, 0.25) is 0 Å². The number of hydrogen-bond donors (Lipinski definition) is 0. The maximum atomic E-state index is 13.3. The molecule has 2 bridgehead atoms. The van der Waals surface area contributed by atoms with Gasteiger partial charge in [-0.15, -0.1) is 0 Å². The van der Waals surface area contributed by atoms with Crippen LogP contribution in [0.3, 0.4) is 0 Å². The molecule has 0 heterocycles. The fourth-order valence-electron chi connectivity index (χ4n) is 6.56. The van der Waals surface area contributed by atoms with Crippen molar-refractivity contribution in [1.29, 1.82) is 0 Å². The minimum atomic E-state index is -0.645. The molecule has 0 saturated heterocycles.